The molecule has 1 atom stereocenters. The van der Waals surface area contributed by atoms with Crippen molar-refractivity contribution in [2.75, 3.05) is 37.6 Å². The second-order valence-corrected chi connectivity index (χ2v) is 5.82. The average molecular weight is 318 g/mol. The van der Waals surface area contributed by atoms with Gasteiger partial charge in [-0.1, -0.05) is 31.5 Å². The number of nitrogens with zero attached hydrogens (tertiary/aromatic N) is 2. The van der Waals surface area contributed by atoms with E-state index in [1.54, 1.807) is 4.90 Å². The van der Waals surface area contributed by atoms with Crippen LogP contribution in [-0.2, 0) is 9.59 Å². The molecule has 1 heterocycles. The number of piperazine rings is 1. The maximum atomic E-state index is 12.2. The largest absolute Gasteiger partial charge is 0.368 e. The zero-order chi connectivity index (χ0) is 16.7. The fourth-order valence-electron chi connectivity index (χ4n) is 2.70. The predicted molar refractivity (Wildman–Crippen MR) is 91.1 cm³/mol. The van der Waals surface area contributed by atoms with Crippen LogP contribution in [0.1, 0.15) is 19.8 Å². The molecule has 1 saturated heterocycles. The average Bonchev–Trinajstić information content (AvgIpc) is 2.60. The molecule has 6 nitrogen and oxygen atoms in total. The van der Waals surface area contributed by atoms with Gasteiger partial charge < -0.3 is 20.9 Å². The van der Waals surface area contributed by atoms with Crippen LogP contribution in [0, 0.1) is 0 Å². The fraction of sp³-hybridized carbons (Fsp3) is 0.529. The molecule has 0 saturated carbocycles. The summed E-state index contributed by atoms with van der Waals surface area (Å²) in [7, 11) is 0. The highest BCUT2D eigenvalue weighted by atomic mass is 16.2. The van der Waals surface area contributed by atoms with Gasteiger partial charge in [0.2, 0.25) is 11.8 Å². The van der Waals surface area contributed by atoms with Crippen molar-refractivity contribution in [3.63, 3.8) is 0 Å². The molecular formula is C17H26N4O2. The van der Waals surface area contributed by atoms with E-state index in [1.165, 1.54) is 5.69 Å². The number of nitrogens with one attached hydrogen (secondary N) is 1. The van der Waals surface area contributed by atoms with E-state index in [1.807, 2.05) is 25.1 Å². The Kier molecular flexibility index (Phi) is 6.40. The Bertz CT molecular complexity index is 513. The van der Waals surface area contributed by atoms with Crippen LogP contribution in [-0.4, -0.2) is 55.5 Å². The van der Waals surface area contributed by atoms with Gasteiger partial charge in [-0.05, 0) is 18.6 Å². The van der Waals surface area contributed by atoms with Gasteiger partial charge in [0.15, 0.2) is 0 Å². The molecule has 126 valence electrons. The monoisotopic (exact) mass is 318 g/mol. The van der Waals surface area contributed by atoms with E-state index in [9.17, 15) is 9.59 Å². The Balaban J connectivity index is 1.74. The number of amides is 2. The molecule has 0 bridgehead atoms. The lowest BCUT2D eigenvalue weighted by molar-refractivity contribution is -0.133. The van der Waals surface area contributed by atoms with Gasteiger partial charge in [0.1, 0.15) is 0 Å². The van der Waals surface area contributed by atoms with Crippen molar-refractivity contribution >= 4 is 17.5 Å². The first kappa shape index (κ1) is 17.3. The molecule has 0 spiro atoms. The van der Waals surface area contributed by atoms with E-state index >= 15 is 0 Å². The molecule has 2 amide bonds. The van der Waals surface area contributed by atoms with Crippen molar-refractivity contribution in [3.05, 3.63) is 30.3 Å². The maximum absolute atomic E-state index is 12.2. The second-order valence-electron chi connectivity index (χ2n) is 5.82. The van der Waals surface area contributed by atoms with Gasteiger partial charge in [0.05, 0.1) is 12.6 Å². The zero-order valence-electron chi connectivity index (χ0n) is 13.7. The molecule has 6 heteroatoms. The lowest BCUT2D eigenvalue weighted by atomic mass is 10.2. The highest BCUT2D eigenvalue weighted by Crippen LogP contribution is 2.15. The van der Waals surface area contributed by atoms with Gasteiger partial charge in [-0.3, -0.25) is 9.59 Å². The fourth-order valence-corrected chi connectivity index (χ4v) is 2.70. The number of carbonyl (C=O) groups is 2. The molecule has 0 aliphatic carbocycles. The van der Waals surface area contributed by atoms with Gasteiger partial charge in [0, 0.05) is 31.9 Å². The molecule has 1 aromatic carbocycles. The van der Waals surface area contributed by atoms with E-state index in [0.29, 0.717) is 19.5 Å². The maximum Gasteiger partial charge on any atom is 0.242 e. The molecule has 0 radical (unpaired) electrons. The van der Waals surface area contributed by atoms with Crippen molar-refractivity contribution in [2.24, 2.45) is 5.73 Å². The number of benzene rings is 1. The number of anilines is 1. The zero-order valence-corrected chi connectivity index (χ0v) is 13.7. The first-order chi connectivity index (χ1) is 11.1. The van der Waals surface area contributed by atoms with Gasteiger partial charge in [-0.15, -0.1) is 0 Å². The summed E-state index contributed by atoms with van der Waals surface area (Å²) in [4.78, 5) is 28.0. The smallest absolute Gasteiger partial charge is 0.242 e. The molecule has 3 N–H and O–H groups in total. The molecular weight excluding hydrogens is 292 g/mol. The van der Waals surface area contributed by atoms with Crippen LogP contribution in [0.4, 0.5) is 5.69 Å². The van der Waals surface area contributed by atoms with Gasteiger partial charge in [-0.25, -0.2) is 0 Å². The van der Waals surface area contributed by atoms with Crippen LogP contribution in [0.15, 0.2) is 30.3 Å². The normalized spacial score (nSPS) is 16.1. The van der Waals surface area contributed by atoms with E-state index in [-0.39, 0.29) is 18.4 Å². The number of hydrogen-bond acceptors (Lipinski definition) is 4. The van der Waals surface area contributed by atoms with Gasteiger partial charge >= 0.3 is 0 Å². The van der Waals surface area contributed by atoms with E-state index in [2.05, 4.69) is 22.3 Å². The minimum atomic E-state index is -0.525. The molecule has 1 aliphatic rings. The van der Waals surface area contributed by atoms with E-state index in [4.69, 9.17) is 5.73 Å². The second kappa shape index (κ2) is 8.53. The Morgan fingerprint density at radius 3 is 2.43 bits per heavy atom. The SMILES string of the molecule is CCCC(N)C(=O)NCC(=O)N1CCN(c2ccccc2)CC1. The molecule has 1 aliphatic heterocycles. The van der Waals surface area contributed by atoms with Crippen molar-refractivity contribution < 1.29 is 9.59 Å². The number of rotatable bonds is 6. The Morgan fingerprint density at radius 1 is 1.17 bits per heavy atom. The lowest BCUT2D eigenvalue weighted by Gasteiger charge is -2.36. The summed E-state index contributed by atoms with van der Waals surface area (Å²) < 4.78 is 0. The quantitative estimate of drug-likeness (QED) is 0.804. The standard InChI is InChI=1S/C17H26N4O2/c1-2-6-15(18)17(23)19-13-16(22)21-11-9-20(10-12-21)14-7-4-3-5-8-14/h3-5,7-8,15H,2,6,9-13,18H2,1H3,(H,19,23). The number of nitrogens with two attached hydrogens (primary N) is 1. The molecule has 23 heavy (non-hydrogen) atoms. The van der Waals surface area contributed by atoms with Crippen molar-refractivity contribution in [2.45, 2.75) is 25.8 Å². The summed E-state index contributed by atoms with van der Waals surface area (Å²) in [5.74, 6) is -0.294. The predicted octanol–water partition coefficient (Wildman–Crippen LogP) is 0.579. The van der Waals surface area contributed by atoms with Gasteiger partial charge in [-0.2, -0.15) is 0 Å². The summed E-state index contributed by atoms with van der Waals surface area (Å²) >= 11 is 0. The van der Waals surface area contributed by atoms with E-state index in [0.717, 1.165) is 19.5 Å². The molecule has 1 aromatic rings. The van der Waals surface area contributed by atoms with Crippen LogP contribution < -0.4 is 16.0 Å². The topological polar surface area (TPSA) is 78.7 Å². The minimum Gasteiger partial charge on any atom is -0.368 e. The third-order valence-electron chi connectivity index (χ3n) is 4.10. The van der Waals surface area contributed by atoms with Crippen molar-refractivity contribution in [1.82, 2.24) is 10.2 Å². The van der Waals surface area contributed by atoms with E-state index < -0.39 is 6.04 Å². The minimum absolute atomic E-state index is 0.0293. The summed E-state index contributed by atoms with van der Waals surface area (Å²) in [5.41, 5.74) is 6.91. The van der Waals surface area contributed by atoms with Crippen LogP contribution in [0.5, 0.6) is 0 Å². The molecule has 1 unspecified atom stereocenters. The Hall–Kier alpha value is -2.08. The van der Waals surface area contributed by atoms with Crippen molar-refractivity contribution in [3.8, 4) is 0 Å². The molecule has 2 rings (SSSR count). The van der Waals surface area contributed by atoms with Crippen LogP contribution in [0.2, 0.25) is 0 Å². The van der Waals surface area contributed by atoms with Crippen molar-refractivity contribution in [1.29, 1.82) is 0 Å². The number of para-hydroxylation sites is 1. The van der Waals surface area contributed by atoms with Crippen LogP contribution >= 0.6 is 0 Å². The third-order valence-corrected chi connectivity index (χ3v) is 4.10. The third kappa shape index (κ3) is 4.96. The molecule has 0 aromatic heterocycles. The first-order valence-corrected chi connectivity index (χ1v) is 8.23. The van der Waals surface area contributed by atoms with Gasteiger partial charge in [0.25, 0.3) is 0 Å². The molecule has 1 fully saturated rings. The highest BCUT2D eigenvalue weighted by Gasteiger charge is 2.22. The number of carbonyl (C=O) groups excluding carboxylic acids is 2. The highest BCUT2D eigenvalue weighted by molar-refractivity contribution is 5.87. The number of hydrogen-bond donors (Lipinski definition) is 2. The van der Waals surface area contributed by atoms with Crippen LogP contribution in [0.25, 0.3) is 0 Å². The summed E-state index contributed by atoms with van der Waals surface area (Å²) in [6, 6.07) is 9.65. The van der Waals surface area contributed by atoms with Crippen LogP contribution in [0.3, 0.4) is 0 Å². The lowest BCUT2D eigenvalue weighted by Crippen LogP contribution is -2.52. The Labute approximate surface area is 137 Å². The Morgan fingerprint density at radius 2 is 1.83 bits per heavy atom. The summed E-state index contributed by atoms with van der Waals surface area (Å²) in [6.45, 7) is 4.96. The first-order valence-electron chi connectivity index (χ1n) is 8.23. The summed E-state index contributed by atoms with van der Waals surface area (Å²) in [6.07, 6.45) is 1.49. The summed E-state index contributed by atoms with van der Waals surface area (Å²) in [5, 5.41) is 2.64.